The summed E-state index contributed by atoms with van der Waals surface area (Å²) in [5.41, 5.74) is 0.757. The summed E-state index contributed by atoms with van der Waals surface area (Å²) in [6.45, 7) is 0.511. The van der Waals surface area contributed by atoms with Gasteiger partial charge in [-0.3, -0.25) is 13.1 Å². The molecule has 17 heavy (non-hydrogen) atoms. The number of fused-ring (bicyclic) bond motifs is 1. The molecule has 1 aromatic carbocycles. The van der Waals surface area contributed by atoms with E-state index in [1.54, 1.807) is 0 Å². The molecule has 3 heteroatoms. The van der Waals surface area contributed by atoms with Crippen LogP contribution in [-0.4, -0.2) is 43.7 Å². The number of ketones is 1. The highest BCUT2D eigenvalue weighted by atomic mass is 32.4. The van der Waals surface area contributed by atoms with Crippen LogP contribution in [0.3, 0.4) is 0 Å². The van der Waals surface area contributed by atoms with Gasteiger partial charge in [-0.25, -0.2) is 0 Å². The molecule has 96 valence electrons. The summed E-state index contributed by atoms with van der Waals surface area (Å²) < 4.78 is 5.79. The van der Waals surface area contributed by atoms with Crippen molar-refractivity contribution in [1.29, 1.82) is 0 Å². The fourth-order valence-electron chi connectivity index (χ4n) is 2.07. The second-order valence-corrected chi connectivity index (χ2v) is 18.4. The van der Waals surface area contributed by atoms with Crippen molar-refractivity contribution in [3.05, 3.63) is 23.8 Å². The topological polar surface area (TPSA) is 26.3 Å². The molecule has 0 unspecified atom stereocenters. The summed E-state index contributed by atoms with van der Waals surface area (Å²) in [6, 6.07) is 5.97. The van der Waals surface area contributed by atoms with Crippen LogP contribution >= 0.6 is 8.29 Å². The predicted molar refractivity (Wildman–Crippen MR) is 76.4 cm³/mol. The van der Waals surface area contributed by atoms with Gasteiger partial charge >= 0.3 is 0 Å². The van der Waals surface area contributed by atoms with Crippen molar-refractivity contribution >= 4 is 14.1 Å². The number of Topliss-reactive ketones (excluding diaryl/α,β-unsaturated/α-hetero) is 1. The molecular weight excluding hydrogens is 232 g/mol. The van der Waals surface area contributed by atoms with Gasteiger partial charge in [0.1, 0.15) is 5.75 Å². The first-order valence-corrected chi connectivity index (χ1v) is 10.3. The average Bonchev–Trinajstić information content (AvgIpc) is 2.14. The number of hydrogen-bond acceptors (Lipinski definition) is 2. The van der Waals surface area contributed by atoms with Crippen molar-refractivity contribution in [3.8, 4) is 5.75 Å². The molecule has 0 saturated heterocycles. The zero-order valence-electron chi connectivity index (χ0n) is 11.4. The van der Waals surface area contributed by atoms with E-state index in [1.807, 2.05) is 12.1 Å². The first-order valence-electron chi connectivity index (χ1n) is 5.79. The van der Waals surface area contributed by atoms with Crippen molar-refractivity contribution < 1.29 is 9.53 Å². The number of carbonyl (C=O) groups excluding carboxylic acids is 1. The molecule has 2 nitrogen and oxygen atoms in total. The number of carbonyl (C=O) groups is 1. The maximum atomic E-state index is 11.9. The molecule has 0 N–H and O–H groups in total. The van der Waals surface area contributed by atoms with Gasteiger partial charge < -0.3 is 4.74 Å². The van der Waals surface area contributed by atoms with Crippen LogP contribution in [0.1, 0.15) is 16.8 Å². The number of ether oxygens (including phenoxy) is 1. The van der Waals surface area contributed by atoms with Crippen LogP contribution in [-0.2, 0) is 0 Å². The Morgan fingerprint density at radius 1 is 1.12 bits per heavy atom. The van der Waals surface area contributed by atoms with Crippen LogP contribution in [0.25, 0.3) is 0 Å². The maximum absolute atomic E-state index is 11.9. The second-order valence-electron chi connectivity index (χ2n) is 7.76. The van der Waals surface area contributed by atoms with Gasteiger partial charge in [0, 0.05) is 11.3 Å². The van der Waals surface area contributed by atoms with Crippen LogP contribution in [0.2, 0.25) is 0 Å². The summed E-state index contributed by atoms with van der Waals surface area (Å²) >= 11 is 0. The molecule has 1 heterocycles. The van der Waals surface area contributed by atoms with Crippen molar-refractivity contribution in [3.63, 3.8) is 0 Å². The molecular formula is C14H22O2S. The maximum Gasteiger partial charge on any atom is 0.170 e. The summed E-state index contributed by atoms with van der Waals surface area (Å²) in [5.74, 6) is 1.03. The fourth-order valence-corrected chi connectivity index (χ4v) is 3.92. The molecule has 0 atom stereocenters. The quantitative estimate of drug-likeness (QED) is 0.770. The molecule has 1 aliphatic heterocycles. The third-order valence-corrected chi connectivity index (χ3v) is 5.48. The molecule has 0 spiro atoms. The van der Waals surface area contributed by atoms with Crippen LogP contribution in [0.15, 0.2) is 23.1 Å². The largest absolute Gasteiger partial charge is 0.491 e. The predicted octanol–water partition coefficient (Wildman–Crippen LogP) is 3.04. The molecule has 0 amide bonds. The lowest BCUT2D eigenvalue weighted by Gasteiger charge is -2.66. The summed E-state index contributed by atoms with van der Waals surface area (Å²) in [6.07, 6.45) is 11.9. The zero-order valence-corrected chi connectivity index (χ0v) is 12.2. The molecule has 0 radical (unpaired) electrons. The molecule has 0 aromatic heterocycles. The monoisotopic (exact) mass is 254 g/mol. The van der Waals surface area contributed by atoms with E-state index in [-0.39, 0.29) is 5.78 Å². The second kappa shape index (κ2) is 2.89. The van der Waals surface area contributed by atoms with E-state index in [4.69, 9.17) is 4.74 Å². The van der Waals surface area contributed by atoms with E-state index < -0.39 is 8.29 Å². The van der Waals surface area contributed by atoms with Crippen LogP contribution in [0.5, 0.6) is 5.75 Å². The van der Waals surface area contributed by atoms with Crippen LogP contribution < -0.4 is 4.74 Å². The van der Waals surface area contributed by atoms with Gasteiger partial charge in [-0.2, -0.15) is 0 Å². The van der Waals surface area contributed by atoms with Crippen LogP contribution in [0, 0.1) is 0 Å². The highest BCUT2D eigenvalue weighted by Crippen LogP contribution is 2.83. The van der Waals surface area contributed by atoms with Gasteiger partial charge in [-0.1, -0.05) is 6.07 Å². The van der Waals surface area contributed by atoms with Crippen molar-refractivity contribution in [2.24, 2.45) is 0 Å². The number of para-hydroxylation sites is 1. The van der Waals surface area contributed by atoms with Crippen molar-refractivity contribution in [2.45, 2.75) is 11.3 Å². The van der Waals surface area contributed by atoms with Gasteiger partial charge in [-0.05, 0) is 43.4 Å². The van der Waals surface area contributed by atoms with E-state index in [0.29, 0.717) is 13.0 Å². The smallest absolute Gasteiger partial charge is 0.170 e. The van der Waals surface area contributed by atoms with Gasteiger partial charge in [0.2, 0.25) is 0 Å². The Morgan fingerprint density at radius 2 is 1.76 bits per heavy atom. The Labute approximate surface area is 103 Å². The first-order chi connectivity index (χ1) is 7.49. The highest BCUT2D eigenvalue weighted by Gasteiger charge is 2.43. The molecule has 2 rings (SSSR count). The number of hydrogen-bond donors (Lipinski definition) is 0. The molecule has 1 aromatic rings. The minimum absolute atomic E-state index is 0.204. The van der Waals surface area contributed by atoms with Gasteiger partial charge in [-0.15, -0.1) is 0 Å². The first kappa shape index (κ1) is 12.5. The van der Waals surface area contributed by atoms with Gasteiger partial charge in [0.05, 0.1) is 12.2 Å². The lowest BCUT2D eigenvalue weighted by atomic mass is 10.1. The minimum Gasteiger partial charge on any atom is -0.491 e. The van der Waals surface area contributed by atoms with E-state index >= 15 is 0 Å². The normalized spacial score (nSPS) is 19.9. The number of rotatable bonds is 1. The molecule has 1 aliphatic rings. The minimum atomic E-state index is -2.33. The van der Waals surface area contributed by atoms with Crippen molar-refractivity contribution in [1.82, 2.24) is 0 Å². The third-order valence-electron chi connectivity index (χ3n) is 2.95. The SMILES string of the molecule is CS(C)(C)(C)(C)c1cccc2c1OCCC2=O. The van der Waals surface area contributed by atoms with E-state index in [2.05, 4.69) is 37.3 Å². The molecule has 0 aliphatic carbocycles. The Balaban J connectivity index is 2.75. The summed E-state index contributed by atoms with van der Waals surface area (Å²) in [4.78, 5) is 13.1. The molecule has 0 fully saturated rings. The molecule has 0 saturated carbocycles. The fraction of sp³-hybridized carbons (Fsp3) is 0.500. The average molecular weight is 254 g/mol. The lowest BCUT2D eigenvalue weighted by Crippen LogP contribution is -2.31. The lowest BCUT2D eigenvalue weighted by molar-refractivity contribution is 0.0931. The van der Waals surface area contributed by atoms with E-state index in [9.17, 15) is 4.79 Å². The Morgan fingerprint density at radius 3 is 2.35 bits per heavy atom. The van der Waals surface area contributed by atoms with Crippen LogP contribution in [0.4, 0.5) is 0 Å². The molecule has 0 bridgehead atoms. The Hall–Kier alpha value is -0.960. The summed E-state index contributed by atoms with van der Waals surface area (Å²) in [5, 5.41) is 0. The third kappa shape index (κ3) is 2.34. The van der Waals surface area contributed by atoms with E-state index in [1.165, 1.54) is 4.90 Å². The van der Waals surface area contributed by atoms with Gasteiger partial charge in [0.15, 0.2) is 5.78 Å². The van der Waals surface area contributed by atoms with Crippen molar-refractivity contribution in [2.75, 3.05) is 37.9 Å². The Bertz CT molecular complexity index is 494. The highest BCUT2D eigenvalue weighted by molar-refractivity contribution is 8.62. The van der Waals surface area contributed by atoms with Gasteiger partial charge in [0.25, 0.3) is 0 Å². The zero-order chi connectivity index (χ0) is 13.0. The number of benzene rings is 1. The standard InChI is InChI=1S/C14H22O2S/c1-17(2,3,4,5)13-8-6-7-11-12(15)9-10-16-14(11)13/h6-8H,9-10H2,1-5H3. The van der Waals surface area contributed by atoms with E-state index in [0.717, 1.165) is 11.3 Å². The Kier molecular flexibility index (Phi) is 2.12. The summed E-state index contributed by atoms with van der Waals surface area (Å²) in [7, 11) is -2.33.